The first kappa shape index (κ1) is 15.5. The highest BCUT2D eigenvalue weighted by Crippen LogP contribution is 2.32. The molecule has 0 bridgehead atoms. The number of hydrogen-bond acceptors (Lipinski definition) is 6. The van der Waals surface area contributed by atoms with Crippen LogP contribution in [0.1, 0.15) is 46.8 Å². The van der Waals surface area contributed by atoms with E-state index in [9.17, 15) is 18.0 Å². The number of alkyl halides is 3. The van der Waals surface area contributed by atoms with Crippen LogP contribution in [0.3, 0.4) is 0 Å². The van der Waals surface area contributed by atoms with E-state index in [1.165, 1.54) is 11.0 Å². The average Bonchev–Trinajstić information content (AvgIpc) is 3.15. The van der Waals surface area contributed by atoms with Crippen LogP contribution in [0.5, 0.6) is 0 Å². The minimum absolute atomic E-state index is 0.105. The zero-order valence-electron chi connectivity index (χ0n) is 12.1. The van der Waals surface area contributed by atoms with Gasteiger partial charge >= 0.3 is 12.1 Å². The summed E-state index contributed by atoms with van der Waals surface area (Å²) in [5.41, 5.74) is 0.171. The van der Waals surface area contributed by atoms with Crippen LogP contribution < -0.4 is 0 Å². The molecule has 0 aromatic carbocycles. The molecule has 7 nitrogen and oxygen atoms in total. The first-order valence-electron chi connectivity index (χ1n) is 6.98. The summed E-state index contributed by atoms with van der Waals surface area (Å²) >= 11 is 0. The van der Waals surface area contributed by atoms with Gasteiger partial charge in [-0.05, 0) is 19.8 Å². The highest BCUT2D eigenvalue weighted by molar-refractivity contribution is 5.92. The first-order chi connectivity index (χ1) is 10.8. The molecule has 3 heterocycles. The maximum atomic E-state index is 12.5. The van der Waals surface area contributed by atoms with Gasteiger partial charge in [0.25, 0.3) is 5.91 Å². The van der Waals surface area contributed by atoms with Crippen LogP contribution in [0.4, 0.5) is 13.2 Å². The molecular weight excluding hydrogens is 317 g/mol. The van der Waals surface area contributed by atoms with Crippen molar-refractivity contribution in [3.8, 4) is 0 Å². The van der Waals surface area contributed by atoms with Crippen molar-refractivity contribution >= 4 is 5.91 Å². The number of carbonyl (C=O) groups excluding carboxylic acids is 1. The highest BCUT2D eigenvalue weighted by atomic mass is 19.4. The zero-order valence-corrected chi connectivity index (χ0v) is 12.1. The molecule has 0 aliphatic carbocycles. The Kier molecular flexibility index (Phi) is 3.82. The summed E-state index contributed by atoms with van der Waals surface area (Å²) in [7, 11) is 0. The topological polar surface area (TPSA) is 85.3 Å². The summed E-state index contributed by atoms with van der Waals surface area (Å²) < 4.78 is 47.1. The molecule has 2 aromatic heterocycles. The molecule has 23 heavy (non-hydrogen) atoms. The van der Waals surface area contributed by atoms with Gasteiger partial charge in [0, 0.05) is 19.2 Å². The third-order valence-electron chi connectivity index (χ3n) is 3.59. The fourth-order valence-corrected chi connectivity index (χ4v) is 2.51. The summed E-state index contributed by atoms with van der Waals surface area (Å²) in [5.74, 6) is -1.73. The maximum Gasteiger partial charge on any atom is 0.470 e. The molecule has 1 saturated heterocycles. The van der Waals surface area contributed by atoms with Crippen LogP contribution >= 0.6 is 0 Å². The Hall–Kier alpha value is -2.39. The number of rotatable bonds is 2. The van der Waals surface area contributed by atoms with Crippen molar-refractivity contribution in [3.05, 3.63) is 29.3 Å². The second-order valence-electron chi connectivity index (χ2n) is 5.36. The predicted molar refractivity (Wildman–Crippen MR) is 68.4 cm³/mol. The van der Waals surface area contributed by atoms with Crippen molar-refractivity contribution in [2.75, 3.05) is 13.1 Å². The van der Waals surface area contributed by atoms with E-state index in [1.807, 2.05) is 0 Å². The third kappa shape index (κ3) is 3.20. The molecule has 2 aromatic rings. The summed E-state index contributed by atoms with van der Waals surface area (Å²) in [6.45, 7) is 2.35. The minimum Gasteiger partial charge on any atom is -0.417 e. The van der Waals surface area contributed by atoms with Gasteiger partial charge in [0.05, 0.1) is 5.92 Å². The van der Waals surface area contributed by atoms with E-state index in [0.717, 1.165) is 0 Å². The van der Waals surface area contributed by atoms with Crippen LogP contribution in [-0.4, -0.2) is 39.3 Å². The lowest BCUT2D eigenvalue weighted by atomic mass is 9.98. The van der Waals surface area contributed by atoms with E-state index in [4.69, 9.17) is 8.94 Å². The monoisotopic (exact) mass is 330 g/mol. The Morgan fingerprint density at radius 2 is 2.17 bits per heavy atom. The Morgan fingerprint density at radius 3 is 2.78 bits per heavy atom. The Bertz CT molecular complexity index is 709. The van der Waals surface area contributed by atoms with Gasteiger partial charge in [0.1, 0.15) is 5.76 Å². The molecule has 1 amide bonds. The Balaban J connectivity index is 1.73. The SMILES string of the molecule is Cc1cc(C(=O)N2CCC[C@@H](c3nnc(C(F)(F)F)o3)C2)no1. The van der Waals surface area contributed by atoms with Gasteiger partial charge in [-0.3, -0.25) is 4.79 Å². The van der Waals surface area contributed by atoms with E-state index in [1.54, 1.807) is 6.92 Å². The lowest BCUT2D eigenvalue weighted by Crippen LogP contribution is -2.39. The minimum atomic E-state index is -4.67. The summed E-state index contributed by atoms with van der Waals surface area (Å²) in [6, 6.07) is 1.51. The number of amides is 1. The molecular formula is C13H13F3N4O3. The number of hydrogen-bond donors (Lipinski definition) is 0. The van der Waals surface area contributed by atoms with Gasteiger partial charge in [-0.2, -0.15) is 13.2 Å². The molecule has 124 valence electrons. The van der Waals surface area contributed by atoms with Crippen LogP contribution in [0.2, 0.25) is 0 Å². The standard InChI is InChI=1S/C13H13F3N4O3/c1-7-5-9(19-23-7)11(21)20-4-2-3-8(6-20)10-17-18-12(22-10)13(14,15)16/h5,8H,2-4,6H2,1H3/t8-/m1/s1. The van der Waals surface area contributed by atoms with Crippen molar-refractivity contribution in [2.24, 2.45) is 0 Å². The molecule has 0 unspecified atom stereocenters. The van der Waals surface area contributed by atoms with Crippen molar-refractivity contribution < 1.29 is 26.9 Å². The van der Waals surface area contributed by atoms with E-state index < -0.39 is 18.0 Å². The number of halogens is 3. The molecule has 0 radical (unpaired) electrons. The van der Waals surface area contributed by atoms with Gasteiger partial charge in [0.15, 0.2) is 5.69 Å². The number of piperidine rings is 1. The quantitative estimate of drug-likeness (QED) is 0.840. The molecule has 1 atom stereocenters. The van der Waals surface area contributed by atoms with E-state index in [2.05, 4.69) is 15.4 Å². The Labute approximate surface area is 128 Å². The van der Waals surface area contributed by atoms with Crippen molar-refractivity contribution in [2.45, 2.75) is 31.9 Å². The van der Waals surface area contributed by atoms with Crippen LogP contribution in [0.25, 0.3) is 0 Å². The summed E-state index contributed by atoms with van der Waals surface area (Å²) in [4.78, 5) is 13.8. The lowest BCUT2D eigenvalue weighted by molar-refractivity contribution is -0.157. The largest absolute Gasteiger partial charge is 0.470 e. The van der Waals surface area contributed by atoms with E-state index in [0.29, 0.717) is 25.1 Å². The number of nitrogens with zero attached hydrogens (tertiary/aromatic N) is 4. The smallest absolute Gasteiger partial charge is 0.417 e. The number of aromatic nitrogens is 3. The average molecular weight is 330 g/mol. The lowest BCUT2D eigenvalue weighted by Gasteiger charge is -2.30. The van der Waals surface area contributed by atoms with Gasteiger partial charge in [0.2, 0.25) is 5.89 Å². The van der Waals surface area contributed by atoms with Crippen LogP contribution in [0.15, 0.2) is 15.0 Å². The highest BCUT2D eigenvalue weighted by Gasteiger charge is 2.39. The fraction of sp³-hybridized carbons (Fsp3) is 0.538. The number of carbonyl (C=O) groups is 1. The molecule has 10 heteroatoms. The number of likely N-dealkylation sites (tertiary alicyclic amines) is 1. The second kappa shape index (κ2) is 5.67. The van der Waals surface area contributed by atoms with Crippen molar-refractivity contribution in [3.63, 3.8) is 0 Å². The van der Waals surface area contributed by atoms with Gasteiger partial charge in [-0.1, -0.05) is 5.16 Å². The molecule has 1 aliphatic heterocycles. The third-order valence-corrected chi connectivity index (χ3v) is 3.59. The molecule has 1 fully saturated rings. The molecule has 0 N–H and O–H groups in total. The van der Waals surface area contributed by atoms with E-state index >= 15 is 0 Å². The Morgan fingerprint density at radius 1 is 1.39 bits per heavy atom. The fourth-order valence-electron chi connectivity index (χ4n) is 2.51. The molecule has 0 saturated carbocycles. The van der Waals surface area contributed by atoms with Crippen LogP contribution in [-0.2, 0) is 6.18 Å². The van der Waals surface area contributed by atoms with Gasteiger partial charge in [-0.15, -0.1) is 10.2 Å². The first-order valence-corrected chi connectivity index (χ1v) is 6.98. The zero-order chi connectivity index (χ0) is 16.6. The second-order valence-corrected chi connectivity index (χ2v) is 5.36. The van der Waals surface area contributed by atoms with Crippen molar-refractivity contribution in [1.29, 1.82) is 0 Å². The molecule has 1 aliphatic rings. The maximum absolute atomic E-state index is 12.5. The molecule has 3 rings (SSSR count). The normalized spacial score (nSPS) is 19.1. The predicted octanol–water partition coefficient (Wildman–Crippen LogP) is 2.40. The van der Waals surface area contributed by atoms with Gasteiger partial charge in [-0.25, -0.2) is 0 Å². The van der Waals surface area contributed by atoms with Crippen molar-refractivity contribution in [1.82, 2.24) is 20.3 Å². The summed E-state index contributed by atoms with van der Waals surface area (Å²) in [5, 5.41) is 10.1. The summed E-state index contributed by atoms with van der Waals surface area (Å²) in [6.07, 6.45) is -3.48. The van der Waals surface area contributed by atoms with Crippen LogP contribution in [0, 0.1) is 6.92 Å². The number of aryl methyl sites for hydroxylation is 1. The molecule has 0 spiro atoms. The van der Waals surface area contributed by atoms with E-state index in [-0.39, 0.29) is 24.0 Å². The van der Waals surface area contributed by atoms with Gasteiger partial charge < -0.3 is 13.8 Å².